The highest BCUT2D eigenvalue weighted by Crippen LogP contribution is 2.50. The van der Waals surface area contributed by atoms with Crippen LogP contribution in [0.1, 0.15) is 20.8 Å². The fourth-order valence-corrected chi connectivity index (χ4v) is 4.78. The molecule has 134 valence electrons. The Kier molecular flexibility index (Phi) is 4.79. The van der Waals surface area contributed by atoms with E-state index >= 15 is 0 Å². The first-order valence-corrected chi connectivity index (χ1v) is 10.2. The van der Waals surface area contributed by atoms with Crippen molar-refractivity contribution >= 4 is 39.6 Å². The van der Waals surface area contributed by atoms with Gasteiger partial charge in [-0.2, -0.15) is 0 Å². The fraction of sp³-hybridized carbons (Fsp3) is 0.273. The van der Waals surface area contributed by atoms with Gasteiger partial charge < -0.3 is 4.90 Å². The third kappa shape index (κ3) is 2.83. The quantitative estimate of drug-likeness (QED) is 0.616. The number of hydrogen-bond donors (Lipinski definition) is 1. The van der Waals surface area contributed by atoms with Gasteiger partial charge in [-0.3, -0.25) is 5.01 Å². The van der Waals surface area contributed by atoms with E-state index in [1.165, 1.54) is 37.6 Å². The smallest absolute Gasteiger partial charge is 0.0795 e. The second-order valence-corrected chi connectivity index (χ2v) is 7.49. The highest BCUT2D eigenvalue weighted by Gasteiger charge is 2.25. The molecule has 0 saturated carbocycles. The van der Waals surface area contributed by atoms with Crippen LogP contribution in [0.3, 0.4) is 0 Å². The fourth-order valence-electron chi connectivity index (χ4n) is 3.66. The van der Waals surface area contributed by atoms with Crippen molar-refractivity contribution in [1.29, 1.82) is 0 Å². The predicted molar refractivity (Wildman–Crippen MR) is 114 cm³/mol. The third-order valence-corrected chi connectivity index (χ3v) is 6.03. The molecule has 0 bridgehead atoms. The zero-order chi connectivity index (χ0) is 18.1. The molecular weight excluding hydrogens is 338 g/mol. The molecule has 1 aliphatic rings. The Hall–Kier alpha value is -2.17. The molecule has 4 heteroatoms. The van der Waals surface area contributed by atoms with Crippen LogP contribution in [0.2, 0.25) is 0 Å². The lowest BCUT2D eigenvalue weighted by molar-refractivity contribution is 0.730. The highest BCUT2D eigenvalue weighted by atomic mass is 32.2. The molecule has 0 saturated heterocycles. The van der Waals surface area contributed by atoms with Crippen LogP contribution in [-0.4, -0.2) is 19.6 Å². The summed E-state index contributed by atoms with van der Waals surface area (Å²) in [5, 5.41) is 4.84. The number of hydrogen-bond acceptors (Lipinski definition) is 4. The lowest BCUT2D eigenvalue weighted by atomic mass is 10.1. The van der Waals surface area contributed by atoms with Crippen molar-refractivity contribution in [2.24, 2.45) is 0 Å². The number of nitrogens with one attached hydrogen (secondary N) is 1. The Labute approximate surface area is 160 Å². The molecule has 3 aromatic rings. The molecule has 0 atom stereocenters. The first kappa shape index (κ1) is 17.3. The van der Waals surface area contributed by atoms with Crippen molar-refractivity contribution in [3.8, 4) is 0 Å². The van der Waals surface area contributed by atoms with Crippen LogP contribution in [-0.2, 0) is 0 Å². The number of benzene rings is 3. The number of rotatable bonds is 5. The largest absolute Gasteiger partial charge is 0.372 e. The Bertz CT molecular complexity index is 934. The monoisotopic (exact) mass is 363 g/mol. The summed E-state index contributed by atoms with van der Waals surface area (Å²) < 4.78 is 0. The van der Waals surface area contributed by atoms with E-state index in [1.54, 1.807) is 0 Å². The van der Waals surface area contributed by atoms with Crippen LogP contribution in [0.5, 0.6) is 0 Å². The van der Waals surface area contributed by atoms with Crippen LogP contribution < -0.4 is 15.3 Å². The summed E-state index contributed by atoms with van der Waals surface area (Å²) in [6.07, 6.45) is 0. The molecule has 1 aliphatic heterocycles. The van der Waals surface area contributed by atoms with E-state index < -0.39 is 0 Å². The summed E-state index contributed by atoms with van der Waals surface area (Å²) in [7, 11) is 0. The minimum Gasteiger partial charge on any atom is -0.372 e. The maximum atomic E-state index is 3.57. The Balaban J connectivity index is 1.87. The number of anilines is 3. The lowest BCUT2D eigenvalue weighted by Crippen LogP contribution is -2.35. The van der Waals surface area contributed by atoms with E-state index in [9.17, 15) is 0 Å². The second kappa shape index (κ2) is 7.22. The minimum absolute atomic E-state index is 0.880. The molecule has 0 radical (unpaired) electrons. The Morgan fingerprint density at radius 2 is 1.73 bits per heavy atom. The third-order valence-electron chi connectivity index (χ3n) is 4.94. The van der Waals surface area contributed by atoms with Crippen molar-refractivity contribution in [2.75, 3.05) is 29.5 Å². The van der Waals surface area contributed by atoms with E-state index in [2.05, 4.69) is 90.7 Å². The van der Waals surface area contributed by atoms with Crippen molar-refractivity contribution < 1.29 is 0 Å². The van der Waals surface area contributed by atoms with Crippen LogP contribution in [0.25, 0.3) is 10.8 Å². The molecule has 3 aromatic carbocycles. The molecule has 0 unspecified atom stereocenters. The normalized spacial score (nSPS) is 12.8. The number of fused-ring (bicyclic) bond motifs is 4. The summed E-state index contributed by atoms with van der Waals surface area (Å²) in [6.45, 7) is 9.50. The van der Waals surface area contributed by atoms with Gasteiger partial charge in [0.1, 0.15) is 0 Å². The highest BCUT2D eigenvalue weighted by molar-refractivity contribution is 7.99. The standard InChI is InChI=1S/C22H25N3S/c1-4-23-25-19-13-12-17(24(5-2)6-3)15-21(19)26-20-14-11-16-9-7-8-10-18(16)22(20)25/h7-15,23H,4-6H2,1-3H3. The molecular formula is C22H25N3S. The molecule has 0 spiro atoms. The van der Waals surface area contributed by atoms with Gasteiger partial charge in [0.15, 0.2) is 0 Å². The number of hydrazine groups is 1. The van der Waals surface area contributed by atoms with Crippen LogP contribution in [0.15, 0.2) is 64.4 Å². The Morgan fingerprint density at radius 3 is 2.50 bits per heavy atom. The minimum atomic E-state index is 0.880. The van der Waals surface area contributed by atoms with Gasteiger partial charge in [-0.05, 0) is 43.5 Å². The lowest BCUT2D eigenvalue weighted by Gasteiger charge is -2.34. The van der Waals surface area contributed by atoms with Gasteiger partial charge in [0, 0.05) is 40.5 Å². The average molecular weight is 364 g/mol. The van der Waals surface area contributed by atoms with Gasteiger partial charge in [-0.1, -0.05) is 49.0 Å². The second-order valence-electron chi connectivity index (χ2n) is 6.41. The topological polar surface area (TPSA) is 18.5 Å². The van der Waals surface area contributed by atoms with Gasteiger partial charge in [0.25, 0.3) is 0 Å². The molecule has 0 fully saturated rings. The average Bonchev–Trinajstić information content (AvgIpc) is 2.68. The van der Waals surface area contributed by atoms with E-state index in [1.807, 2.05) is 11.8 Å². The summed E-state index contributed by atoms with van der Waals surface area (Å²) in [5.74, 6) is 0. The van der Waals surface area contributed by atoms with Gasteiger partial charge in [-0.15, -0.1) is 0 Å². The van der Waals surface area contributed by atoms with E-state index in [-0.39, 0.29) is 0 Å². The summed E-state index contributed by atoms with van der Waals surface area (Å²) in [6, 6.07) is 19.9. The van der Waals surface area contributed by atoms with Crippen LogP contribution in [0, 0.1) is 0 Å². The molecule has 1 heterocycles. The maximum Gasteiger partial charge on any atom is 0.0795 e. The van der Waals surface area contributed by atoms with Gasteiger partial charge >= 0.3 is 0 Å². The van der Waals surface area contributed by atoms with Crippen LogP contribution >= 0.6 is 11.8 Å². The molecule has 3 nitrogen and oxygen atoms in total. The van der Waals surface area contributed by atoms with E-state index in [0.717, 1.165) is 19.6 Å². The molecule has 0 aromatic heterocycles. The van der Waals surface area contributed by atoms with Crippen LogP contribution in [0.4, 0.5) is 17.1 Å². The van der Waals surface area contributed by atoms with Crippen molar-refractivity contribution in [2.45, 2.75) is 30.6 Å². The van der Waals surface area contributed by atoms with Gasteiger partial charge in [0.05, 0.1) is 11.4 Å². The first-order chi connectivity index (χ1) is 12.8. The van der Waals surface area contributed by atoms with E-state index in [4.69, 9.17) is 0 Å². The van der Waals surface area contributed by atoms with Gasteiger partial charge in [0.2, 0.25) is 0 Å². The predicted octanol–water partition coefficient (Wildman–Crippen LogP) is 5.81. The molecule has 1 N–H and O–H groups in total. The molecule has 0 amide bonds. The first-order valence-electron chi connectivity index (χ1n) is 9.39. The molecule has 0 aliphatic carbocycles. The van der Waals surface area contributed by atoms with Crippen molar-refractivity contribution in [3.63, 3.8) is 0 Å². The zero-order valence-electron chi connectivity index (χ0n) is 15.6. The van der Waals surface area contributed by atoms with E-state index in [0.29, 0.717) is 0 Å². The number of nitrogens with zero attached hydrogens (tertiary/aromatic N) is 2. The SMILES string of the molecule is CCNN1c2ccc(N(CC)CC)cc2Sc2ccc3ccccc3c21. The zero-order valence-corrected chi connectivity index (χ0v) is 16.4. The maximum absolute atomic E-state index is 3.57. The molecule has 4 rings (SSSR count). The van der Waals surface area contributed by atoms with Gasteiger partial charge in [-0.25, -0.2) is 5.43 Å². The molecule has 26 heavy (non-hydrogen) atoms. The summed E-state index contributed by atoms with van der Waals surface area (Å²) in [4.78, 5) is 5.00. The summed E-state index contributed by atoms with van der Waals surface area (Å²) in [5.41, 5.74) is 7.36. The summed E-state index contributed by atoms with van der Waals surface area (Å²) >= 11 is 1.87. The van der Waals surface area contributed by atoms with Crippen molar-refractivity contribution in [3.05, 3.63) is 54.6 Å². The Morgan fingerprint density at radius 1 is 0.923 bits per heavy atom. The van der Waals surface area contributed by atoms with Crippen molar-refractivity contribution in [1.82, 2.24) is 5.43 Å².